The molecule has 0 atom stereocenters. The molecule has 2 aromatic rings. The summed E-state index contributed by atoms with van der Waals surface area (Å²) in [5.74, 6) is 0.771. The molecule has 2 aromatic heterocycles. The fraction of sp³-hybridized carbons (Fsp3) is 0.125. The van der Waals surface area contributed by atoms with Crippen LogP contribution >= 0.6 is 39.0 Å². The quantitative estimate of drug-likeness (QED) is 0.796. The van der Waals surface area contributed by atoms with Gasteiger partial charge < -0.3 is 0 Å². The number of hydrogen-bond donors (Lipinski definition) is 0. The fourth-order valence-corrected chi connectivity index (χ4v) is 2.85. The molecule has 0 aliphatic carbocycles. The molecule has 14 heavy (non-hydrogen) atoms. The molecule has 0 bridgehead atoms. The standard InChI is InChI=1S/C8H6BrN3S2/c1-5-11-4-6(9)7(12-5)14-8-10-2-3-13-8/h2-4H,1H3. The zero-order valence-electron chi connectivity index (χ0n) is 7.27. The van der Waals surface area contributed by atoms with E-state index in [1.165, 1.54) is 0 Å². The van der Waals surface area contributed by atoms with Crippen molar-refractivity contribution in [3.63, 3.8) is 0 Å². The second-order valence-electron chi connectivity index (χ2n) is 2.47. The summed E-state index contributed by atoms with van der Waals surface area (Å²) in [7, 11) is 0. The Kier molecular flexibility index (Phi) is 3.15. The summed E-state index contributed by atoms with van der Waals surface area (Å²) >= 11 is 6.55. The van der Waals surface area contributed by atoms with Gasteiger partial charge in [-0.1, -0.05) is 0 Å². The van der Waals surface area contributed by atoms with Gasteiger partial charge in [0.2, 0.25) is 0 Å². The average molecular weight is 288 g/mol. The third kappa shape index (κ3) is 2.31. The van der Waals surface area contributed by atoms with Gasteiger partial charge in [-0.2, -0.15) is 0 Å². The van der Waals surface area contributed by atoms with Crippen molar-refractivity contribution in [2.45, 2.75) is 16.3 Å². The molecule has 3 nitrogen and oxygen atoms in total. The van der Waals surface area contributed by atoms with Gasteiger partial charge >= 0.3 is 0 Å². The Labute approximate surface area is 98.1 Å². The minimum Gasteiger partial charge on any atom is -0.240 e. The predicted octanol–water partition coefficient (Wildman–Crippen LogP) is 3.16. The number of rotatable bonds is 2. The lowest BCUT2D eigenvalue weighted by Gasteiger charge is -2.00. The van der Waals surface area contributed by atoms with E-state index in [2.05, 4.69) is 30.9 Å². The van der Waals surface area contributed by atoms with Crippen LogP contribution in [-0.4, -0.2) is 15.0 Å². The van der Waals surface area contributed by atoms with Crippen molar-refractivity contribution in [1.29, 1.82) is 0 Å². The maximum Gasteiger partial charge on any atom is 0.156 e. The van der Waals surface area contributed by atoms with Crippen LogP contribution in [0.25, 0.3) is 0 Å². The van der Waals surface area contributed by atoms with Gasteiger partial charge in [0.05, 0.1) is 4.47 Å². The van der Waals surface area contributed by atoms with Crippen molar-refractivity contribution in [3.8, 4) is 0 Å². The van der Waals surface area contributed by atoms with Crippen molar-refractivity contribution in [1.82, 2.24) is 15.0 Å². The molecule has 0 aromatic carbocycles. The van der Waals surface area contributed by atoms with E-state index in [9.17, 15) is 0 Å². The number of thiazole rings is 1. The lowest BCUT2D eigenvalue weighted by molar-refractivity contribution is 0.951. The molecule has 2 heterocycles. The van der Waals surface area contributed by atoms with Crippen LogP contribution in [0.3, 0.4) is 0 Å². The Balaban J connectivity index is 2.28. The van der Waals surface area contributed by atoms with Gasteiger partial charge in [-0.15, -0.1) is 11.3 Å². The third-order valence-corrected chi connectivity index (χ3v) is 4.16. The second-order valence-corrected chi connectivity index (χ2v) is 5.46. The van der Waals surface area contributed by atoms with Crippen molar-refractivity contribution in [2.75, 3.05) is 0 Å². The number of hydrogen-bond acceptors (Lipinski definition) is 5. The Hall–Kier alpha value is -0.460. The first-order chi connectivity index (χ1) is 6.75. The van der Waals surface area contributed by atoms with Gasteiger partial charge in [0.15, 0.2) is 4.34 Å². The third-order valence-electron chi connectivity index (χ3n) is 1.43. The van der Waals surface area contributed by atoms with Crippen LogP contribution in [0.1, 0.15) is 5.82 Å². The van der Waals surface area contributed by atoms with Gasteiger partial charge in [0.25, 0.3) is 0 Å². The summed E-state index contributed by atoms with van der Waals surface area (Å²) in [6.45, 7) is 1.87. The molecule has 0 N–H and O–H groups in total. The average Bonchev–Trinajstić information content (AvgIpc) is 2.64. The number of halogens is 1. The zero-order chi connectivity index (χ0) is 9.97. The first kappa shape index (κ1) is 10.1. The Morgan fingerprint density at radius 2 is 2.29 bits per heavy atom. The van der Waals surface area contributed by atoms with E-state index in [0.29, 0.717) is 0 Å². The van der Waals surface area contributed by atoms with E-state index in [0.717, 1.165) is 19.7 Å². The van der Waals surface area contributed by atoms with Crippen molar-refractivity contribution in [2.24, 2.45) is 0 Å². The summed E-state index contributed by atoms with van der Waals surface area (Å²) in [6.07, 6.45) is 3.55. The number of aromatic nitrogens is 3. The number of aryl methyl sites for hydroxylation is 1. The molecule has 72 valence electrons. The van der Waals surface area contributed by atoms with Crippen LogP contribution in [0.2, 0.25) is 0 Å². The normalized spacial score (nSPS) is 10.4. The van der Waals surface area contributed by atoms with E-state index in [-0.39, 0.29) is 0 Å². The molecule has 0 amide bonds. The van der Waals surface area contributed by atoms with Crippen LogP contribution in [0.15, 0.2) is 31.6 Å². The number of nitrogens with zero attached hydrogens (tertiary/aromatic N) is 3. The van der Waals surface area contributed by atoms with Crippen molar-refractivity contribution in [3.05, 3.63) is 28.1 Å². The lowest BCUT2D eigenvalue weighted by atomic mass is 10.6. The molecular weight excluding hydrogens is 282 g/mol. The van der Waals surface area contributed by atoms with Crippen LogP contribution in [0.5, 0.6) is 0 Å². The summed E-state index contributed by atoms with van der Waals surface area (Å²) in [5, 5.41) is 2.86. The van der Waals surface area contributed by atoms with Crippen molar-refractivity contribution < 1.29 is 0 Å². The van der Waals surface area contributed by atoms with Crippen molar-refractivity contribution >= 4 is 39.0 Å². The molecule has 2 rings (SSSR count). The summed E-state index contributed by atoms with van der Waals surface area (Å²) in [4.78, 5) is 12.6. The largest absolute Gasteiger partial charge is 0.240 e. The van der Waals surface area contributed by atoms with E-state index >= 15 is 0 Å². The summed E-state index contributed by atoms with van der Waals surface area (Å²) < 4.78 is 1.90. The Morgan fingerprint density at radius 3 is 3.00 bits per heavy atom. The zero-order valence-corrected chi connectivity index (χ0v) is 10.5. The monoisotopic (exact) mass is 287 g/mol. The molecule has 6 heteroatoms. The first-order valence-corrected chi connectivity index (χ1v) is 6.31. The van der Waals surface area contributed by atoms with E-state index in [1.54, 1.807) is 35.5 Å². The highest BCUT2D eigenvalue weighted by Gasteiger charge is 2.06. The molecule has 0 spiro atoms. The summed E-state index contributed by atoms with van der Waals surface area (Å²) in [5.41, 5.74) is 0. The van der Waals surface area contributed by atoms with Crippen LogP contribution in [0, 0.1) is 6.92 Å². The minimum atomic E-state index is 0.771. The molecule has 0 saturated carbocycles. The predicted molar refractivity (Wildman–Crippen MR) is 60.7 cm³/mol. The molecule has 0 radical (unpaired) electrons. The lowest BCUT2D eigenvalue weighted by Crippen LogP contribution is -1.89. The van der Waals surface area contributed by atoms with E-state index < -0.39 is 0 Å². The Bertz CT molecular complexity index is 430. The Morgan fingerprint density at radius 1 is 1.43 bits per heavy atom. The molecule has 0 aliphatic heterocycles. The van der Waals surface area contributed by atoms with Gasteiger partial charge in [0, 0.05) is 17.8 Å². The molecule has 0 aliphatic rings. The molecular formula is C8H6BrN3S2. The highest BCUT2D eigenvalue weighted by atomic mass is 79.9. The molecule has 0 saturated heterocycles. The molecule has 0 unspecified atom stereocenters. The first-order valence-electron chi connectivity index (χ1n) is 3.82. The highest BCUT2D eigenvalue weighted by Crippen LogP contribution is 2.32. The smallest absolute Gasteiger partial charge is 0.156 e. The van der Waals surface area contributed by atoms with Gasteiger partial charge in [-0.05, 0) is 34.6 Å². The maximum atomic E-state index is 4.32. The second kappa shape index (κ2) is 4.37. The van der Waals surface area contributed by atoms with Gasteiger partial charge in [0.1, 0.15) is 10.9 Å². The van der Waals surface area contributed by atoms with Crippen LogP contribution in [-0.2, 0) is 0 Å². The van der Waals surface area contributed by atoms with Gasteiger partial charge in [-0.25, -0.2) is 15.0 Å². The SMILES string of the molecule is Cc1ncc(Br)c(Sc2nccs2)n1. The van der Waals surface area contributed by atoms with E-state index in [1.807, 2.05) is 12.3 Å². The van der Waals surface area contributed by atoms with E-state index in [4.69, 9.17) is 0 Å². The fourth-order valence-electron chi connectivity index (χ4n) is 0.850. The topological polar surface area (TPSA) is 38.7 Å². The summed E-state index contributed by atoms with van der Waals surface area (Å²) in [6, 6.07) is 0. The van der Waals surface area contributed by atoms with Gasteiger partial charge in [-0.3, -0.25) is 0 Å². The molecule has 0 fully saturated rings. The van der Waals surface area contributed by atoms with Crippen LogP contribution in [0.4, 0.5) is 0 Å². The minimum absolute atomic E-state index is 0.771. The van der Waals surface area contributed by atoms with Crippen LogP contribution < -0.4 is 0 Å². The highest BCUT2D eigenvalue weighted by molar-refractivity contribution is 9.10. The maximum absolute atomic E-state index is 4.32.